The Bertz CT molecular complexity index is 1390. The highest BCUT2D eigenvalue weighted by Crippen LogP contribution is 2.31. The third kappa shape index (κ3) is 2.93. The molecular formula is C22H18N6O. The van der Waals surface area contributed by atoms with Crippen LogP contribution in [-0.2, 0) is 7.05 Å². The van der Waals surface area contributed by atoms with E-state index < -0.39 is 0 Å². The molecule has 5 aromatic rings. The Labute approximate surface area is 166 Å². The Morgan fingerprint density at radius 1 is 0.931 bits per heavy atom. The van der Waals surface area contributed by atoms with Crippen molar-refractivity contribution in [1.82, 2.24) is 29.5 Å². The molecule has 0 bridgehead atoms. The molecule has 3 aromatic heterocycles. The Morgan fingerprint density at radius 2 is 1.83 bits per heavy atom. The normalized spacial score (nSPS) is 11.2. The zero-order valence-corrected chi connectivity index (χ0v) is 16.0. The predicted molar refractivity (Wildman–Crippen MR) is 112 cm³/mol. The lowest BCUT2D eigenvalue weighted by Crippen LogP contribution is -2.11. The molecule has 3 heterocycles. The molecule has 0 atom stereocenters. The van der Waals surface area contributed by atoms with Crippen LogP contribution in [0.25, 0.3) is 44.9 Å². The largest absolute Gasteiger partial charge is 0.338 e. The van der Waals surface area contributed by atoms with Crippen LogP contribution in [-0.4, -0.2) is 29.5 Å². The summed E-state index contributed by atoms with van der Waals surface area (Å²) in [5.41, 5.74) is 7.22. The number of nitrogens with one attached hydrogen (secondary N) is 2. The van der Waals surface area contributed by atoms with Crippen molar-refractivity contribution in [2.24, 2.45) is 7.05 Å². The first-order chi connectivity index (χ1) is 14.1. The molecule has 5 rings (SSSR count). The summed E-state index contributed by atoms with van der Waals surface area (Å²) in [5, 5.41) is 0. The number of H-pyrrole nitrogens is 2. The second kappa shape index (κ2) is 6.56. The predicted octanol–water partition coefficient (Wildman–Crippen LogP) is 3.69. The average Bonchev–Trinajstić information content (AvgIpc) is 3.34. The fourth-order valence-electron chi connectivity index (χ4n) is 3.51. The highest BCUT2D eigenvalue weighted by molar-refractivity contribution is 5.83. The van der Waals surface area contributed by atoms with Crippen LogP contribution < -0.4 is 5.69 Å². The van der Waals surface area contributed by atoms with Crippen molar-refractivity contribution in [2.45, 2.75) is 6.92 Å². The lowest BCUT2D eigenvalue weighted by molar-refractivity contribution is 0.892. The van der Waals surface area contributed by atoms with Gasteiger partial charge in [-0.15, -0.1) is 0 Å². The van der Waals surface area contributed by atoms with Gasteiger partial charge < -0.3 is 9.97 Å². The Balaban J connectivity index is 1.62. The molecular weight excluding hydrogens is 364 g/mol. The number of imidazole rings is 2. The van der Waals surface area contributed by atoms with E-state index in [4.69, 9.17) is 0 Å². The maximum Gasteiger partial charge on any atom is 0.326 e. The minimum atomic E-state index is -0.129. The van der Waals surface area contributed by atoms with Gasteiger partial charge in [-0.2, -0.15) is 0 Å². The lowest BCUT2D eigenvalue weighted by Gasteiger charge is -2.08. The molecule has 2 N–H and O–H groups in total. The standard InChI is InChI=1S/C22H18N6O/c1-13-3-5-15(19-11-23-7-8-24-19)16(9-13)21-25-12-18(26-21)14-4-6-17-20(10-14)28(2)22(29)27-17/h3-12H,1-2H3,(H,25,26)(H,27,29). The average molecular weight is 382 g/mol. The van der Waals surface area contributed by atoms with E-state index in [1.807, 2.05) is 37.4 Å². The quantitative estimate of drug-likeness (QED) is 0.498. The van der Waals surface area contributed by atoms with Gasteiger partial charge in [-0.1, -0.05) is 23.8 Å². The molecule has 0 spiro atoms. The van der Waals surface area contributed by atoms with E-state index >= 15 is 0 Å². The number of aromatic nitrogens is 6. The molecule has 0 saturated heterocycles. The van der Waals surface area contributed by atoms with Crippen molar-refractivity contribution in [1.29, 1.82) is 0 Å². The topological polar surface area (TPSA) is 92.2 Å². The first-order valence-electron chi connectivity index (χ1n) is 9.22. The van der Waals surface area contributed by atoms with Crippen molar-refractivity contribution in [3.8, 4) is 33.9 Å². The van der Waals surface area contributed by atoms with E-state index in [1.54, 1.807) is 30.2 Å². The summed E-state index contributed by atoms with van der Waals surface area (Å²) >= 11 is 0. The molecule has 2 aromatic carbocycles. The Hall–Kier alpha value is -4.00. The highest BCUT2D eigenvalue weighted by Gasteiger charge is 2.14. The molecule has 0 unspecified atom stereocenters. The van der Waals surface area contributed by atoms with E-state index in [0.717, 1.165) is 50.5 Å². The zero-order valence-electron chi connectivity index (χ0n) is 16.0. The third-order valence-electron chi connectivity index (χ3n) is 5.06. The summed E-state index contributed by atoms with van der Waals surface area (Å²) in [6, 6.07) is 12.0. The molecule has 0 radical (unpaired) electrons. The van der Waals surface area contributed by atoms with Crippen LogP contribution in [0.2, 0.25) is 0 Å². The number of rotatable bonds is 3. The Morgan fingerprint density at radius 3 is 2.66 bits per heavy atom. The van der Waals surface area contributed by atoms with Crippen LogP contribution in [0, 0.1) is 6.92 Å². The number of benzene rings is 2. The number of hydrogen-bond acceptors (Lipinski definition) is 4. The number of hydrogen-bond donors (Lipinski definition) is 2. The van der Waals surface area contributed by atoms with E-state index in [1.165, 1.54) is 0 Å². The SMILES string of the molecule is Cc1ccc(-c2cnccn2)c(-c2ncc(-c3ccc4[nH]c(=O)n(C)c4c3)[nH]2)c1. The zero-order chi connectivity index (χ0) is 20.0. The summed E-state index contributed by atoms with van der Waals surface area (Å²) in [5.74, 6) is 0.757. The fraction of sp³-hybridized carbons (Fsp3) is 0.0909. The van der Waals surface area contributed by atoms with Gasteiger partial charge in [0.1, 0.15) is 5.82 Å². The first kappa shape index (κ1) is 17.1. The van der Waals surface area contributed by atoms with Gasteiger partial charge in [-0.05, 0) is 25.1 Å². The number of fused-ring (bicyclic) bond motifs is 1. The van der Waals surface area contributed by atoms with Gasteiger partial charge >= 0.3 is 5.69 Å². The molecule has 0 saturated carbocycles. The summed E-state index contributed by atoms with van der Waals surface area (Å²) < 4.78 is 1.60. The molecule has 0 amide bonds. The minimum absolute atomic E-state index is 0.129. The Kier molecular flexibility index (Phi) is 3.87. The fourth-order valence-corrected chi connectivity index (χ4v) is 3.51. The van der Waals surface area contributed by atoms with E-state index in [0.29, 0.717) is 0 Å². The lowest BCUT2D eigenvalue weighted by atomic mass is 10.0. The van der Waals surface area contributed by atoms with Crippen LogP contribution in [0.15, 0.2) is 66.0 Å². The van der Waals surface area contributed by atoms with Crippen molar-refractivity contribution < 1.29 is 0 Å². The second-order valence-corrected chi connectivity index (χ2v) is 7.01. The van der Waals surface area contributed by atoms with E-state index in [2.05, 4.69) is 37.1 Å². The number of aromatic amines is 2. The minimum Gasteiger partial charge on any atom is -0.338 e. The molecule has 0 aliphatic heterocycles. The van der Waals surface area contributed by atoms with Gasteiger partial charge in [-0.25, -0.2) is 9.78 Å². The van der Waals surface area contributed by atoms with Gasteiger partial charge in [0.05, 0.1) is 34.8 Å². The van der Waals surface area contributed by atoms with Crippen LogP contribution in [0.5, 0.6) is 0 Å². The second-order valence-electron chi connectivity index (χ2n) is 7.01. The maximum atomic E-state index is 11.9. The van der Waals surface area contributed by atoms with Gasteiger partial charge in [0.15, 0.2) is 0 Å². The van der Waals surface area contributed by atoms with Crippen LogP contribution in [0.3, 0.4) is 0 Å². The van der Waals surface area contributed by atoms with Gasteiger partial charge in [0.2, 0.25) is 0 Å². The van der Waals surface area contributed by atoms with Crippen LogP contribution in [0.1, 0.15) is 5.56 Å². The molecule has 142 valence electrons. The summed E-state index contributed by atoms with van der Waals surface area (Å²) in [6.07, 6.45) is 6.90. The number of aryl methyl sites for hydroxylation is 2. The van der Waals surface area contributed by atoms with Crippen molar-refractivity contribution >= 4 is 11.0 Å². The molecule has 7 nitrogen and oxygen atoms in total. The summed E-state index contributed by atoms with van der Waals surface area (Å²) in [7, 11) is 1.75. The van der Waals surface area contributed by atoms with E-state index in [-0.39, 0.29) is 5.69 Å². The molecule has 29 heavy (non-hydrogen) atoms. The highest BCUT2D eigenvalue weighted by atomic mass is 16.1. The monoisotopic (exact) mass is 382 g/mol. The van der Waals surface area contributed by atoms with Crippen molar-refractivity contribution in [3.05, 3.63) is 77.2 Å². The summed E-state index contributed by atoms with van der Waals surface area (Å²) in [4.78, 5) is 31.3. The molecule has 0 fully saturated rings. The van der Waals surface area contributed by atoms with Crippen LogP contribution in [0.4, 0.5) is 0 Å². The third-order valence-corrected chi connectivity index (χ3v) is 5.06. The number of nitrogens with zero attached hydrogens (tertiary/aromatic N) is 4. The van der Waals surface area contributed by atoms with Gasteiger partial charge in [0.25, 0.3) is 0 Å². The molecule has 0 aliphatic rings. The van der Waals surface area contributed by atoms with E-state index in [9.17, 15) is 4.79 Å². The van der Waals surface area contributed by atoms with Gasteiger partial charge in [0, 0.05) is 36.1 Å². The molecule has 0 aliphatic carbocycles. The molecule has 7 heteroatoms. The summed E-state index contributed by atoms with van der Waals surface area (Å²) in [6.45, 7) is 2.05. The maximum absolute atomic E-state index is 11.9. The van der Waals surface area contributed by atoms with Crippen LogP contribution >= 0.6 is 0 Å². The van der Waals surface area contributed by atoms with Gasteiger partial charge in [-0.3, -0.25) is 14.5 Å². The first-order valence-corrected chi connectivity index (χ1v) is 9.22. The smallest absolute Gasteiger partial charge is 0.326 e. The van der Waals surface area contributed by atoms with Crippen molar-refractivity contribution in [2.75, 3.05) is 0 Å². The van der Waals surface area contributed by atoms with Crippen molar-refractivity contribution in [3.63, 3.8) is 0 Å².